The summed E-state index contributed by atoms with van der Waals surface area (Å²) >= 11 is 0. The zero-order valence-corrected chi connectivity index (χ0v) is 15.9. The van der Waals surface area contributed by atoms with Gasteiger partial charge in [0, 0.05) is 12.5 Å². The van der Waals surface area contributed by atoms with Crippen LogP contribution in [0.15, 0.2) is 53.4 Å². The molecule has 0 amide bonds. The standard InChI is InChI=1S/C19H23NO5S/c1-14(2)20-26(22,23)18-6-4-5-16(13-18)19(21)25-12-11-15-7-9-17(24-3)10-8-15/h4-10,13-14,20H,11-12H2,1-3H3. The van der Waals surface area contributed by atoms with Gasteiger partial charge in [-0.1, -0.05) is 18.2 Å². The molecule has 1 N–H and O–H groups in total. The van der Waals surface area contributed by atoms with Crippen molar-refractivity contribution in [3.8, 4) is 5.75 Å². The highest BCUT2D eigenvalue weighted by atomic mass is 32.2. The number of rotatable bonds is 8. The first kappa shape index (κ1) is 19.9. The van der Waals surface area contributed by atoms with E-state index in [1.54, 1.807) is 21.0 Å². The highest BCUT2D eigenvalue weighted by molar-refractivity contribution is 7.89. The van der Waals surface area contributed by atoms with Gasteiger partial charge in [-0.3, -0.25) is 0 Å². The van der Waals surface area contributed by atoms with Gasteiger partial charge in [0.1, 0.15) is 5.75 Å². The van der Waals surface area contributed by atoms with Crippen LogP contribution in [0.2, 0.25) is 0 Å². The predicted octanol–water partition coefficient (Wildman–Crippen LogP) is 2.78. The minimum atomic E-state index is -3.66. The summed E-state index contributed by atoms with van der Waals surface area (Å²) in [6, 6.07) is 13.1. The third-order valence-electron chi connectivity index (χ3n) is 3.55. The van der Waals surface area contributed by atoms with E-state index >= 15 is 0 Å². The van der Waals surface area contributed by atoms with E-state index < -0.39 is 16.0 Å². The van der Waals surface area contributed by atoms with Crippen LogP contribution < -0.4 is 9.46 Å². The molecule has 2 aromatic carbocycles. The Balaban J connectivity index is 1.98. The molecule has 0 unspecified atom stereocenters. The number of carbonyl (C=O) groups is 1. The molecule has 0 aliphatic carbocycles. The Morgan fingerprint density at radius 1 is 1.12 bits per heavy atom. The molecule has 6 nitrogen and oxygen atoms in total. The van der Waals surface area contributed by atoms with Crippen molar-refractivity contribution in [3.05, 3.63) is 59.7 Å². The van der Waals surface area contributed by atoms with Crippen LogP contribution in [0.1, 0.15) is 29.8 Å². The minimum Gasteiger partial charge on any atom is -0.497 e. The zero-order chi connectivity index (χ0) is 19.2. The van der Waals surface area contributed by atoms with Gasteiger partial charge in [-0.25, -0.2) is 17.9 Å². The fourth-order valence-corrected chi connectivity index (χ4v) is 3.60. The van der Waals surface area contributed by atoms with Crippen molar-refractivity contribution in [2.24, 2.45) is 0 Å². The Bertz CT molecular complexity index is 844. The lowest BCUT2D eigenvalue weighted by molar-refractivity contribution is 0.0509. The number of ether oxygens (including phenoxy) is 2. The van der Waals surface area contributed by atoms with Crippen LogP contribution in [0.25, 0.3) is 0 Å². The highest BCUT2D eigenvalue weighted by Crippen LogP contribution is 2.14. The molecule has 0 saturated heterocycles. The number of hydrogen-bond donors (Lipinski definition) is 1. The van der Waals surface area contributed by atoms with E-state index in [4.69, 9.17) is 9.47 Å². The van der Waals surface area contributed by atoms with Crippen molar-refractivity contribution < 1.29 is 22.7 Å². The van der Waals surface area contributed by atoms with Crippen LogP contribution in [0.5, 0.6) is 5.75 Å². The Morgan fingerprint density at radius 3 is 2.42 bits per heavy atom. The van der Waals surface area contributed by atoms with E-state index in [-0.39, 0.29) is 23.1 Å². The lowest BCUT2D eigenvalue weighted by Gasteiger charge is -2.10. The van der Waals surface area contributed by atoms with Gasteiger partial charge >= 0.3 is 5.97 Å². The zero-order valence-electron chi connectivity index (χ0n) is 15.1. The average molecular weight is 377 g/mol. The number of esters is 1. The first-order chi connectivity index (χ1) is 12.3. The average Bonchev–Trinajstić information content (AvgIpc) is 2.61. The first-order valence-electron chi connectivity index (χ1n) is 8.24. The van der Waals surface area contributed by atoms with Crippen LogP contribution in [-0.2, 0) is 21.2 Å². The Hall–Kier alpha value is -2.38. The van der Waals surface area contributed by atoms with Gasteiger partial charge in [-0.2, -0.15) is 0 Å². The van der Waals surface area contributed by atoms with E-state index in [0.717, 1.165) is 11.3 Å². The molecule has 0 aliphatic rings. The monoisotopic (exact) mass is 377 g/mol. The van der Waals surface area contributed by atoms with Gasteiger partial charge in [0.25, 0.3) is 0 Å². The summed E-state index contributed by atoms with van der Waals surface area (Å²) in [5.41, 5.74) is 1.21. The van der Waals surface area contributed by atoms with Crippen LogP contribution in [0.4, 0.5) is 0 Å². The largest absolute Gasteiger partial charge is 0.497 e. The lowest BCUT2D eigenvalue weighted by atomic mass is 10.1. The van der Waals surface area contributed by atoms with Crippen LogP contribution in [0.3, 0.4) is 0 Å². The van der Waals surface area contributed by atoms with Crippen molar-refractivity contribution in [3.63, 3.8) is 0 Å². The number of sulfonamides is 1. The molecule has 7 heteroatoms. The third-order valence-corrected chi connectivity index (χ3v) is 5.21. The number of carbonyl (C=O) groups excluding carboxylic acids is 1. The summed E-state index contributed by atoms with van der Waals surface area (Å²) in [4.78, 5) is 12.2. The van der Waals surface area contributed by atoms with Crippen LogP contribution >= 0.6 is 0 Å². The quantitative estimate of drug-likeness (QED) is 0.716. The fraction of sp³-hybridized carbons (Fsp3) is 0.316. The summed E-state index contributed by atoms with van der Waals surface area (Å²) in [5.74, 6) is 0.207. The number of methoxy groups -OCH3 is 1. The molecule has 0 saturated carbocycles. The highest BCUT2D eigenvalue weighted by Gasteiger charge is 2.17. The first-order valence-corrected chi connectivity index (χ1v) is 9.72. The Kier molecular flexibility index (Phi) is 6.76. The summed E-state index contributed by atoms with van der Waals surface area (Å²) in [6.45, 7) is 3.66. The second kappa shape index (κ2) is 8.82. The van der Waals surface area contributed by atoms with E-state index in [9.17, 15) is 13.2 Å². The molecule has 140 valence electrons. The molecule has 2 rings (SSSR count). The van der Waals surface area contributed by atoms with Crippen molar-refractivity contribution in [2.45, 2.75) is 31.2 Å². The maximum absolute atomic E-state index is 12.2. The number of hydrogen-bond acceptors (Lipinski definition) is 5. The smallest absolute Gasteiger partial charge is 0.338 e. The van der Waals surface area contributed by atoms with Gasteiger partial charge in [0.15, 0.2) is 0 Å². The molecule has 0 aliphatic heterocycles. The van der Waals surface area contributed by atoms with Crippen LogP contribution in [-0.4, -0.2) is 34.1 Å². The summed E-state index contributed by atoms with van der Waals surface area (Å²) < 4.78 is 37.2. The van der Waals surface area contributed by atoms with E-state index in [1.165, 1.54) is 24.3 Å². The van der Waals surface area contributed by atoms with Crippen molar-refractivity contribution in [1.29, 1.82) is 0 Å². The normalized spacial score (nSPS) is 11.4. The SMILES string of the molecule is COc1ccc(CCOC(=O)c2cccc(S(=O)(=O)NC(C)C)c2)cc1. The van der Waals surface area contributed by atoms with E-state index in [1.807, 2.05) is 24.3 Å². The molecular formula is C19H23NO5S. The third kappa shape index (κ3) is 5.57. The van der Waals surface area contributed by atoms with Crippen molar-refractivity contribution in [1.82, 2.24) is 4.72 Å². The van der Waals surface area contributed by atoms with Gasteiger partial charge in [0.2, 0.25) is 10.0 Å². The van der Waals surface area contributed by atoms with E-state index in [0.29, 0.717) is 6.42 Å². The van der Waals surface area contributed by atoms with Gasteiger partial charge in [0.05, 0.1) is 24.2 Å². The predicted molar refractivity (Wildman–Crippen MR) is 98.9 cm³/mol. The molecule has 0 atom stereocenters. The number of nitrogens with one attached hydrogen (secondary N) is 1. The fourth-order valence-electron chi connectivity index (χ4n) is 2.31. The van der Waals surface area contributed by atoms with Crippen molar-refractivity contribution in [2.75, 3.05) is 13.7 Å². The van der Waals surface area contributed by atoms with E-state index in [2.05, 4.69) is 4.72 Å². The van der Waals surface area contributed by atoms with Gasteiger partial charge in [-0.15, -0.1) is 0 Å². The summed E-state index contributed by atoms with van der Waals surface area (Å²) in [7, 11) is -2.06. The number of benzene rings is 2. The van der Waals surface area contributed by atoms with Crippen LogP contribution in [0, 0.1) is 0 Å². The maximum Gasteiger partial charge on any atom is 0.338 e. The molecule has 2 aromatic rings. The maximum atomic E-state index is 12.2. The molecule has 0 heterocycles. The second-order valence-electron chi connectivity index (χ2n) is 6.04. The molecule has 0 fully saturated rings. The molecule has 0 aromatic heterocycles. The summed E-state index contributed by atoms with van der Waals surface area (Å²) in [6.07, 6.45) is 0.558. The molecule has 0 radical (unpaired) electrons. The Labute approximate surface area is 154 Å². The molecule has 26 heavy (non-hydrogen) atoms. The molecule has 0 bridgehead atoms. The van der Waals surface area contributed by atoms with Gasteiger partial charge in [-0.05, 0) is 49.7 Å². The molecular weight excluding hydrogens is 354 g/mol. The Morgan fingerprint density at radius 2 is 1.81 bits per heavy atom. The topological polar surface area (TPSA) is 81.7 Å². The second-order valence-corrected chi connectivity index (χ2v) is 7.75. The van der Waals surface area contributed by atoms with Crippen molar-refractivity contribution >= 4 is 16.0 Å². The lowest BCUT2D eigenvalue weighted by Crippen LogP contribution is -2.30. The summed E-state index contributed by atoms with van der Waals surface area (Å²) in [5, 5.41) is 0. The minimum absolute atomic E-state index is 0.0378. The van der Waals surface area contributed by atoms with Gasteiger partial charge < -0.3 is 9.47 Å². The molecule has 0 spiro atoms.